The molecule has 0 amide bonds. The van der Waals surface area contributed by atoms with Crippen LogP contribution in [0.15, 0.2) is 29.5 Å². The molecule has 2 aromatic rings. The second kappa shape index (κ2) is 8.84. The molecule has 13 heteroatoms. The second-order valence-electron chi connectivity index (χ2n) is 8.38. The van der Waals surface area contributed by atoms with Crippen LogP contribution in [0.1, 0.15) is 24.6 Å². The molecular formula is C21H22F5N5O2S. The van der Waals surface area contributed by atoms with E-state index >= 15 is 0 Å². The summed E-state index contributed by atoms with van der Waals surface area (Å²) in [5, 5.41) is 3.22. The molecule has 1 saturated carbocycles. The Morgan fingerprint density at radius 2 is 2.00 bits per heavy atom. The Bertz CT molecular complexity index is 1100. The summed E-state index contributed by atoms with van der Waals surface area (Å²) in [4.78, 5) is 12.2. The molecule has 0 unspecified atom stereocenters. The van der Waals surface area contributed by atoms with E-state index in [1.807, 2.05) is 0 Å². The first kappa shape index (κ1) is 24.5. The van der Waals surface area contributed by atoms with Crippen LogP contribution in [0.5, 0.6) is 5.88 Å². The fraction of sp³-hybridized carbons (Fsp3) is 0.476. The van der Waals surface area contributed by atoms with Crippen molar-refractivity contribution in [2.45, 2.75) is 36.4 Å². The van der Waals surface area contributed by atoms with Crippen molar-refractivity contribution < 1.29 is 31.4 Å². The van der Waals surface area contributed by atoms with E-state index in [1.54, 1.807) is 14.0 Å². The zero-order valence-electron chi connectivity index (χ0n) is 18.2. The third-order valence-corrected chi connectivity index (χ3v) is 7.13. The molecule has 1 aromatic carbocycles. The van der Waals surface area contributed by atoms with Gasteiger partial charge >= 0.3 is 6.18 Å². The number of nitrogens with one attached hydrogen (secondary N) is 1. The van der Waals surface area contributed by atoms with Crippen LogP contribution in [-0.4, -0.2) is 46.4 Å². The normalized spacial score (nSPS) is 26.0. The Kier molecular flexibility index (Phi) is 6.36. The van der Waals surface area contributed by atoms with Gasteiger partial charge in [0.15, 0.2) is 23.4 Å². The van der Waals surface area contributed by atoms with Crippen LogP contribution < -0.4 is 15.8 Å². The van der Waals surface area contributed by atoms with E-state index < -0.39 is 30.0 Å². The first-order valence-electron chi connectivity index (χ1n) is 10.2. The average Bonchev–Trinajstić information content (AvgIpc) is 3.48. The summed E-state index contributed by atoms with van der Waals surface area (Å²) in [6, 6.07) is 2.49. The number of nitrogens with zero attached hydrogens (tertiary/aromatic N) is 3. The molecule has 1 aliphatic heterocycles. The fourth-order valence-corrected chi connectivity index (χ4v) is 5.70. The second-order valence-corrected chi connectivity index (χ2v) is 9.81. The molecule has 0 radical (unpaired) electrons. The van der Waals surface area contributed by atoms with Crippen molar-refractivity contribution in [3.63, 3.8) is 0 Å². The Balaban J connectivity index is 1.51. The highest BCUT2D eigenvalue weighted by Crippen LogP contribution is 2.66. The lowest BCUT2D eigenvalue weighted by Crippen LogP contribution is -2.37. The van der Waals surface area contributed by atoms with Gasteiger partial charge in [-0.2, -0.15) is 13.2 Å². The minimum absolute atomic E-state index is 0.0616. The van der Waals surface area contributed by atoms with E-state index in [0.717, 1.165) is 12.3 Å². The number of benzene rings is 1. The minimum Gasteiger partial charge on any atom is -0.467 e. The summed E-state index contributed by atoms with van der Waals surface area (Å²) in [5.41, 5.74) is 5.67. The molecule has 3 atom stereocenters. The van der Waals surface area contributed by atoms with Gasteiger partial charge in [0.1, 0.15) is 0 Å². The Hall–Kier alpha value is -2.67. The van der Waals surface area contributed by atoms with E-state index in [9.17, 15) is 22.0 Å². The summed E-state index contributed by atoms with van der Waals surface area (Å²) < 4.78 is 75.7. The van der Waals surface area contributed by atoms with Gasteiger partial charge in [-0.1, -0.05) is 11.8 Å². The smallest absolute Gasteiger partial charge is 0.422 e. The number of fused-ring (bicyclic) bond motifs is 1. The highest BCUT2D eigenvalue weighted by atomic mass is 32.2. The number of aromatic nitrogens is 2. The van der Waals surface area contributed by atoms with Gasteiger partial charge in [-0.3, -0.25) is 9.98 Å². The number of halogens is 5. The van der Waals surface area contributed by atoms with Gasteiger partial charge in [-0.15, -0.1) is 0 Å². The third-order valence-electron chi connectivity index (χ3n) is 5.85. The van der Waals surface area contributed by atoms with Gasteiger partial charge in [-0.05, 0) is 19.4 Å². The predicted octanol–water partition coefficient (Wildman–Crippen LogP) is 3.99. The van der Waals surface area contributed by atoms with E-state index in [-0.39, 0.29) is 39.5 Å². The zero-order chi connectivity index (χ0) is 24.7. The molecule has 1 aromatic heterocycles. The first-order chi connectivity index (χ1) is 16.0. The van der Waals surface area contributed by atoms with Gasteiger partial charge in [0.25, 0.3) is 0 Å². The summed E-state index contributed by atoms with van der Waals surface area (Å²) in [5.74, 6) is -2.41. The Morgan fingerprint density at radius 3 is 2.65 bits per heavy atom. The Labute approximate surface area is 196 Å². The van der Waals surface area contributed by atoms with Gasteiger partial charge in [0.05, 0.1) is 41.5 Å². The number of rotatable bonds is 8. The van der Waals surface area contributed by atoms with Crippen molar-refractivity contribution in [1.29, 1.82) is 0 Å². The summed E-state index contributed by atoms with van der Waals surface area (Å²) >= 11 is 1.40. The fourth-order valence-electron chi connectivity index (χ4n) is 4.25. The molecule has 34 heavy (non-hydrogen) atoms. The summed E-state index contributed by atoms with van der Waals surface area (Å²) in [6.45, 7) is 0.728. The van der Waals surface area contributed by atoms with E-state index in [1.165, 1.54) is 24.0 Å². The van der Waals surface area contributed by atoms with E-state index in [4.69, 9.17) is 10.5 Å². The van der Waals surface area contributed by atoms with Gasteiger partial charge in [-0.25, -0.2) is 13.8 Å². The van der Waals surface area contributed by atoms with E-state index in [2.05, 4.69) is 25.0 Å². The maximum absolute atomic E-state index is 14.9. The van der Waals surface area contributed by atoms with Crippen LogP contribution in [0.2, 0.25) is 0 Å². The highest BCUT2D eigenvalue weighted by molar-refractivity contribution is 8.15. The van der Waals surface area contributed by atoms with Crippen LogP contribution in [0.4, 0.5) is 27.6 Å². The third kappa shape index (κ3) is 4.90. The molecule has 1 aliphatic carbocycles. The monoisotopic (exact) mass is 503 g/mol. The lowest BCUT2D eigenvalue weighted by molar-refractivity contribution is -0.154. The van der Waals surface area contributed by atoms with Crippen LogP contribution in [0.3, 0.4) is 0 Å². The van der Waals surface area contributed by atoms with Crippen molar-refractivity contribution in [3.8, 4) is 5.88 Å². The number of ether oxygens (including phenoxy) is 2. The molecule has 0 spiro atoms. The summed E-state index contributed by atoms with van der Waals surface area (Å²) in [7, 11) is 1.58. The maximum atomic E-state index is 14.9. The maximum Gasteiger partial charge on any atom is 0.422 e. The number of thioether (sulfide) groups is 1. The van der Waals surface area contributed by atoms with Crippen molar-refractivity contribution in [2.75, 3.05) is 25.6 Å². The average molecular weight is 503 g/mol. The molecule has 2 aliphatic rings. The van der Waals surface area contributed by atoms with Gasteiger partial charge < -0.3 is 20.5 Å². The number of hydrogen-bond acceptors (Lipinski definition) is 8. The quantitative estimate of drug-likeness (QED) is 0.526. The number of alkyl halides is 3. The molecule has 3 N–H and O–H groups in total. The number of aliphatic imine (C=N–C) groups is 1. The van der Waals surface area contributed by atoms with Crippen LogP contribution >= 0.6 is 11.8 Å². The van der Waals surface area contributed by atoms with Crippen molar-refractivity contribution in [1.82, 2.24) is 9.97 Å². The van der Waals surface area contributed by atoms with E-state index in [0.29, 0.717) is 18.7 Å². The zero-order valence-corrected chi connectivity index (χ0v) is 19.1. The summed E-state index contributed by atoms with van der Waals surface area (Å²) in [6.07, 6.45) is -1.50. The molecular weight excluding hydrogens is 481 g/mol. The van der Waals surface area contributed by atoms with Crippen molar-refractivity contribution in [3.05, 3.63) is 47.4 Å². The number of anilines is 1. The molecule has 0 bridgehead atoms. The van der Waals surface area contributed by atoms with Gasteiger partial charge in [0, 0.05) is 30.3 Å². The topological polar surface area (TPSA) is 94.6 Å². The number of amidine groups is 1. The standard InChI is InChI=1S/C21H22F5N5O2S/c1-19(15-5-20(15,9-32-2)34-18(27)31-19)13-3-11(4-14(22)17(13)23)28-6-12-7-30-16(8-29-12)33-10-21(24,25)26/h3-4,7-8,15,28H,5-6,9-10H2,1-2H3,(H2,27,31)/t15-,19+,20+/m0/s1. The lowest BCUT2D eigenvalue weighted by Gasteiger charge is -2.34. The van der Waals surface area contributed by atoms with Crippen LogP contribution in [0.25, 0.3) is 0 Å². The highest BCUT2D eigenvalue weighted by Gasteiger charge is 2.66. The van der Waals surface area contributed by atoms with Crippen LogP contribution in [0, 0.1) is 17.6 Å². The molecule has 1 fully saturated rings. The lowest BCUT2D eigenvalue weighted by atomic mass is 9.85. The number of hydrogen-bond donors (Lipinski definition) is 2. The molecule has 184 valence electrons. The SMILES string of the molecule is COC[C@]12C[C@H]1[C@@](C)(c1cc(NCc3cnc(OCC(F)(F)F)cn3)cc(F)c1F)N=C(N)S2. The predicted molar refractivity (Wildman–Crippen MR) is 117 cm³/mol. The number of nitrogens with two attached hydrogens (primary N) is 1. The molecule has 2 heterocycles. The molecule has 7 nitrogen and oxygen atoms in total. The minimum atomic E-state index is -4.49. The molecule has 4 rings (SSSR count). The first-order valence-corrected chi connectivity index (χ1v) is 11.0. The van der Waals surface area contributed by atoms with Crippen molar-refractivity contribution in [2.24, 2.45) is 16.6 Å². The largest absolute Gasteiger partial charge is 0.467 e. The molecule has 0 saturated heterocycles. The van der Waals surface area contributed by atoms with Crippen molar-refractivity contribution >= 4 is 22.6 Å². The van der Waals surface area contributed by atoms with Crippen LogP contribution in [-0.2, 0) is 16.8 Å². The van der Waals surface area contributed by atoms with Gasteiger partial charge in [0.2, 0.25) is 5.88 Å². The number of methoxy groups -OCH3 is 1. The Morgan fingerprint density at radius 1 is 1.24 bits per heavy atom.